The summed E-state index contributed by atoms with van der Waals surface area (Å²) in [5.74, 6) is 2.80. The van der Waals surface area contributed by atoms with E-state index < -0.39 is 0 Å². The monoisotopic (exact) mass is 767 g/mol. The van der Waals surface area contributed by atoms with E-state index >= 15 is 0 Å². The van der Waals surface area contributed by atoms with Crippen molar-refractivity contribution in [1.82, 2.24) is 39.1 Å². The van der Waals surface area contributed by atoms with Crippen LogP contribution in [0.3, 0.4) is 0 Å². The van der Waals surface area contributed by atoms with Gasteiger partial charge in [-0.15, -0.1) is 0 Å². The molecule has 6 aromatic rings. The van der Waals surface area contributed by atoms with Gasteiger partial charge in [-0.2, -0.15) is 5.26 Å². The van der Waals surface area contributed by atoms with E-state index in [-0.39, 0.29) is 11.1 Å². The molecule has 8 rings (SSSR count). The molecular formula is C44H49N9O4. The number of rotatable bonds is 11. The standard InChI is InChI=1S/C23H25N5O2.C21H24N4O2/c1-2-30-21-10-6-5-9-20(21)28-22(17-27-15-13-26(12-11-24)14-16-27)25-19-8-4-3-7-18(19)23(28)29;1-2-27-19-10-6-5-9-18(19)25-20(15-24-13-11-22-12-14-24)23-17-8-4-3-7-16(17)21(25)26/h3-10H,2,12-17H2,1H3;3-10,22H,2,11-15H2,1H3. The number of fused-ring (bicyclic) bond motifs is 2. The number of hydrogen-bond donors (Lipinski definition) is 1. The van der Waals surface area contributed by atoms with Crippen LogP contribution in [0.15, 0.2) is 107 Å². The zero-order chi connectivity index (χ0) is 39.6. The van der Waals surface area contributed by atoms with E-state index in [0.717, 1.165) is 69.4 Å². The average molecular weight is 768 g/mol. The Hall–Kier alpha value is -5.91. The lowest BCUT2D eigenvalue weighted by Crippen LogP contribution is -2.46. The van der Waals surface area contributed by atoms with Gasteiger partial charge in [0.05, 0.1) is 72.1 Å². The lowest BCUT2D eigenvalue weighted by Gasteiger charge is -2.33. The topological polar surface area (TPSA) is 134 Å². The van der Waals surface area contributed by atoms with Crippen LogP contribution in [0.25, 0.3) is 33.2 Å². The van der Waals surface area contributed by atoms with E-state index in [9.17, 15) is 9.59 Å². The van der Waals surface area contributed by atoms with Crippen LogP contribution >= 0.6 is 0 Å². The molecule has 1 N–H and O–H groups in total. The van der Waals surface area contributed by atoms with E-state index in [1.165, 1.54) is 0 Å². The van der Waals surface area contributed by atoms with Gasteiger partial charge in [0.2, 0.25) is 0 Å². The molecule has 294 valence electrons. The number of piperazine rings is 2. The second-order valence-electron chi connectivity index (χ2n) is 13.9. The highest BCUT2D eigenvalue weighted by atomic mass is 16.5. The molecule has 0 radical (unpaired) electrons. The summed E-state index contributed by atoms with van der Waals surface area (Å²) in [6.07, 6.45) is 0. The molecule has 0 unspecified atom stereocenters. The molecule has 0 atom stereocenters. The Morgan fingerprint density at radius 3 is 1.49 bits per heavy atom. The summed E-state index contributed by atoms with van der Waals surface area (Å²) in [5.41, 5.74) is 2.74. The normalized spacial score (nSPS) is 15.2. The van der Waals surface area contributed by atoms with E-state index in [1.54, 1.807) is 9.13 Å². The molecule has 2 fully saturated rings. The Kier molecular flexibility index (Phi) is 13.0. The predicted octanol–water partition coefficient (Wildman–Crippen LogP) is 4.62. The molecule has 0 bridgehead atoms. The number of nitriles is 1. The molecule has 0 saturated carbocycles. The quantitative estimate of drug-likeness (QED) is 0.185. The summed E-state index contributed by atoms with van der Waals surface area (Å²) in [6.45, 7) is 13.7. The Labute approximate surface area is 332 Å². The number of nitrogens with zero attached hydrogens (tertiary/aromatic N) is 8. The van der Waals surface area contributed by atoms with E-state index in [4.69, 9.17) is 24.7 Å². The SMILES string of the molecule is CCOc1ccccc1-n1c(CN2CCN(CC#N)CC2)nc2ccccc2c1=O.CCOc1ccccc1-n1c(CN2CCNCC2)nc2ccccc2c1=O. The molecule has 4 heterocycles. The number of hydrogen-bond acceptors (Lipinski definition) is 11. The number of ether oxygens (including phenoxy) is 2. The number of para-hydroxylation sites is 6. The first kappa shape index (κ1) is 39.3. The largest absolute Gasteiger partial charge is 0.492 e. The van der Waals surface area contributed by atoms with E-state index in [2.05, 4.69) is 26.1 Å². The highest BCUT2D eigenvalue weighted by Gasteiger charge is 2.22. The maximum absolute atomic E-state index is 13.5. The molecule has 13 nitrogen and oxygen atoms in total. The fraction of sp³-hybridized carbons (Fsp3) is 0.341. The molecule has 57 heavy (non-hydrogen) atoms. The lowest BCUT2D eigenvalue weighted by molar-refractivity contribution is 0.135. The molecule has 2 aliphatic rings. The van der Waals surface area contributed by atoms with Gasteiger partial charge in [-0.1, -0.05) is 48.5 Å². The predicted molar refractivity (Wildman–Crippen MR) is 222 cm³/mol. The first-order valence-corrected chi connectivity index (χ1v) is 19.7. The van der Waals surface area contributed by atoms with E-state index in [0.29, 0.717) is 72.1 Å². The number of aromatic nitrogens is 4. The molecule has 2 aromatic heterocycles. The van der Waals surface area contributed by atoms with Gasteiger partial charge in [-0.3, -0.25) is 33.4 Å². The molecule has 2 saturated heterocycles. The third-order valence-electron chi connectivity index (χ3n) is 10.2. The Morgan fingerprint density at radius 2 is 1.02 bits per heavy atom. The van der Waals surface area contributed by atoms with Crippen LogP contribution in [0.4, 0.5) is 0 Å². The van der Waals surface area contributed by atoms with Crippen molar-refractivity contribution in [3.05, 3.63) is 129 Å². The van der Waals surface area contributed by atoms with Crippen molar-refractivity contribution >= 4 is 21.8 Å². The van der Waals surface area contributed by atoms with Gasteiger partial charge in [0.15, 0.2) is 0 Å². The smallest absolute Gasteiger partial charge is 0.266 e. The van der Waals surface area contributed by atoms with Crippen LogP contribution in [-0.2, 0) is 13.1 Å². The summed E-state index contributed by atoms with van der Waals surface area (Å²) >= 11 is 0. The number of benzene rings is 4. The minimum Gasteiger partial charge on any atom is -0.492 e. The second-order valence-corrected chi connectivity index (χ2v) is 13.9. The zero-order valence-corrected chi connectivity index (χ0v) is 32.6. The van der Waals surface area contributed by atoms with Gasteiger partial charge in [0.1, 0.15) is 23.1 Å². The van der Waals surface area contributed by atoms with Gasteiger partial charge in [0, 0.05) is 52.4 Å². The molecule has 0 spiro atoms. The molecule has 2 aliphatic heterocycles. The van der Waals surface area contributed by atoms with Gasteiger partial charge in [-0.05, 0) is 62.4 Å². The molecule has 0 aliphatic carbocycles. The minimum atomic E-state index is -0.0918. The van der Waals surface area contributed by atoms with Crippen molar-refractivity contribution in [2.45, 2.75) is 26.9 Å². The third-order valence-corrected chi connectivity index (χ3v) is 10.2. The van der Waals surface area contributed by atoms with Crippen LogP contribution in [0, 0.1) is 11.3 Å². The third kappa shape index (κ3) is 9.06. The number of nitrogens with one attached hydrogen (secondary N) is 1. The molecule has 4 aromatic carbocycles. The van der Waals surface area contributed by atoms with Crippen molar-refractivity contribution in [3.63, 3.8) is 0 Å². The maximum Gasteiger partial charge on any atom is 0.266 e. The van der Waals surface area contributed by atoms with Gasteiger partial charge in [-0.25, -0.2) is 9.97 Å². The summed E-state index contributed by atoms with van der Waals surface area (Å²) < 4.78 is 15.0. The summed E-state index contributed by atoms with van der Waals surface area (Å²) in [4.78, 5) is 43.3. The zero-order valence-electron chi connectivity index (χ0n) is 32.6. The van der Waals surface area contributed by atoms with Crippen molar-refractivity contribution in [2.24, 2.45) is 0 Å². The lowest BCUT2D eigenvalue weighted by atomic mass is 10.2. The highest BCUT2D eigenvalue weighted by Crippen LogP contribution is 2.26. The molecule has 0 amide bonds. The Morgan fingerprint density at radius 1 is 0.596 bits per heavy atom. The minimum absolute atomic E-state index is 0.0575. The highest BCUT2D eigenvalue weighted by molar-refractivity contribution is 5.79. The summed E-state index contributed by atoms with van der Waals surface area (Å²) in [7, 11) is 0. The fourth-order valence-corrected chi connectivity index (χ4v) is 7.38. The first-order chi connectivity index (χ1) is 28.0. The Bertz CT molecular complexity index is 2460. The maximum atomic E-state index is 13.5. The van der Waals surface area contributed by atoms with Crippen LogP contribution < -0.4 is 25.9 Å². The van der Waals surface area contributed by atoms with E-state index in [1.807, 2.05) is 111 Å². The molecule has 13 heteroatoms. The van der Waals surface area contributed by atoms with Crippen molar-refractivity contribution in [1.29, 1.82) is 5.26 Å². The fourth-order valence-electron chi connectivity index (χ4n) is 7.38. The van der Waals surface area contributed by atoms with Gasteiger partial charge >= 0.3 is 0 Å². The molecular weight excluding hydrogens is 719 g/mol. The second kappa shape index (κ2) is 18.8. The van der Waals surface area contributed by atoms with Crippen molar-refractivity contribution in [3.8, 4) is 28.9 Å². The summed E-state index contributed by atoms with van der Waals surface area (Å²) in [6, 6.07) is 32.4. The van der Waals surface area contributed by atoms with Gasteiger partial charge < -0.3 is 14.8 Å². The van der Waals surface area contributed by atoms with Crippen molar-refractivity contribution in [2.75, 3.05) is 72.1 Å². The van der Waals surface area contributed by atoms with Crippen LogP contribution in [0.5, 0.6) is 11.5 Å². The van der Waals surface area contributed by atoms with Crippen LogP contribution in [0.1, 0.15) is 25.5 Å². The summed E-state index contributed by atoms with van der Waals surface area (Å²) in [5, 5.41) is 13.5. The first-order valence-electron chi connectivity index (χ1n) is 19.7. The van der Waals surface area contributed by atoms with Crippen molar-refractivity contribution < 1.29 is 9.47 Å². The van der Waals surface area contributed by atoms with Crippen LogP contribution in [-0.4, -0.2) is 106 Å². The van der Waals surface area contributed by atoms with Crippen LogP contribution in [0.2, 0.25) is 0 Å². The van der Waals surface area contributed by atoms with Gasteiger partial charge in [0.25, 0.3) is 11.1 Å². The Balaban J connectivity index is 0.000000175. The average Bonchev–Trinajstić information content (AvgIpc) is 3.24.